The maximum atomic E-state index is 17.1. The van der Waals surface area contributed by atoms with Gasteiger partial charge in [-0.2, -0.15) is 8.78 Å². The minimum Gasteiger partial charge on any atom is -0.294 e. The molecule has 0 saturated carbocycles. The molecule has 4 heterocycles. The molecule has 0 radical (unpaired) electrons. The highest BCUT2D eigenvalue weighted by Gasteiger charge is 2.40. The molecule has 0 N–H and O–H groups in total. The van der Waals surface area contributed by atoms with Crippen molar-refractivity contribution >= 4 is 44.9 Å². The molecule has 0 amide bonds. The lowest BCUT2D eigenvalue weighted by molar-refractivity contribution is -0.394. The van der Waals surface area contributed by atoms with E-state index in [0.29, 0.717) is 26.9 Å². The Morgan fingerprint density at radius 1 is 0.783 bits per heavy atom. The van der Waals surface area contributed by atoms with Gasteiger partial charge in [0.2, 0.25) is 5.69 Å². The van der Waals surface area contributed by atoms with Gasteiger partial charge in [0.25, 0.3) is 11.4 Å². The van der Waals surface area contributed by atoms with E-state index in [0.717, 1.165) is 21.0 Å². The number of benzene rings is 3. The first-order chi connectivity index (χ1) is 24.6. The van der Waals surface area contributed by atoms with Gasteiger partial charge >= 0.3 is 11.9 Å². The summed E-state index contributed by atoms with van der Waals surface area (Å²) in [5.41, 5.74) is 0.446. The molecule has 7 heteroatoms. The summed E-state index contributed by atoms with van der Waals surface area (Å²) >= 11 is 0. The first kappa shape index (κ1) is 22.5. The molecule has 1 aliphatic rings. The highest BCUT2D eigenvalue weighted by molar-refractivity contribution is 6.08. The Kier molecular flexibility index (Phi) is 5.02. The van der Waals surface area contributed by atoms with Crippen molar-refractivity contribution in [3.8, 4) is 5.82 Å². The van der Waals surface area contributed by atoms with E-state index in [1.807, 2.05) is 61.7 Å². The van der Waals surface area contributed by atoms with Crippen molar-refractivity contribution in [3.05, 3.63) is 120 Å². The number of para-hydroxylation sites is 3. The molecule has 0 aliphatic carbocycles. The lowest BCUT2D eigenvalue weighted by Gasteiger charge is -2.23. The van der Waals surface area contributed by atoms with Crippen LogP contribution in [-0.2, 0) is 16.8 Å². The molecule has 3 aromatic heterocycles. The summed E-state index contributed by atoms with van der Waals surface area (Å²) in [5, 5.41) is 1.50. The molecular weight excluding hydrogens is 576 g/mol. The van der Waals surface area contributed by atoms with Crippen LogP contribution in [-0.4, -0.2) is 32.1 Å². The van der Waals surface area contributed by atoms with Gasteiger partial charge in [-0.3, -0.25) is 9.55 Å². The van der Waals surface area contributed by atoms with E-state index in [1.54, 1.807) is 12.3 Å². The summed E-state index contributed by atoms with van der Waals surface area (Å²) in [7, 11) is 0. The molecule has 3 aromatic carbocycles. The fraction of sp³-hybridized carbons (Fsp3) is 0.256. The Hall–Kier alpha value is -5.00. The second-order valence-corrected chi connectivity index (χ2v) is 13.7. The van der Waals surface area contributed by atoms with E-state index >= 15 is 8.78 Å². The van der Waals surface area contributed by atoms with Gasteiger partial charge in [-0.05, 0) is 56.9 Å². The number of fused-ring (bicyclic) bond motifs is 4. The quantitative estimate of drug-likeness (QED) is 0.184. The molecule has 0 atom stereocenters. The average molecular weight is 621 g/mol. The molecule has 5 nitrogen and oxygen atoms in total. The predicted molar refractivity (Wildman–Crippen MR) is 182 cm³/mol. The molecule has 0 bridgehead atoms. The summed E-state index contributed by atoms with van der Waals surface area (Å²) in [5.74, 6) is -3.11. The Balaban J connectivity index is 1.47. The zero-order valence-corrected chi connectivity index (χ0v) is 26.4. The molecule has 0 saturated heterocycles. The van der Waals surface area contributed by atoms with Crippen molar-refractivity contribution in [2.75, 3.05) is 6.98 Å². The van der Waals surface area contributed by atoms with Gasteiger partial charge in [0.05, 0.1) is 16.5 Å². The van der Waals surface area contributed by atoms with Gasteiger partial charge in [0.15, 0.2) is 6.98 Å². The largest absolute Gasteiger partial charge is 0.496 e. The van der Waals surface area contributed by atoms with E-state index in [1.165, 1.54) is 24.4 Å². The summed E-state index contributed by atoms with van der Waals surface area (Å²) in [4.78, 5) is 8.97. The molecule has 1 aliphatic heterocycles. The first-order valence-corrected chi connectivity index (χ1v) is 15.0. The van der Waals surface area contributed by atoms with Gasteiger partial charge < -0.3 is 0 Å². The van der Waals surface area contributed by atoms with Crippen LogP contribution in [0.4, 0.5) is 25.8 Å². The monoisotopic (exact) mass is 620 g/mol. The van der Waals surface area contributed by atoms with Crippen LogP contribution >= 0.6 is 0 Å². The molecular formula is C39H37F2N5+2. The number of rotatable bonds is 4. The number of halogens is 2. The van der Waals surface area contributed by atoms with Crippen LogP contribution in [0.5, 0.6) is 0 Å². The Bertz CT molecular complexity index is 2590. The standard InChI is InChI=1S/C39H37F2N5/c1-37(2,3)25-16-17-42-36(21-25)46-31-13-9-8-12-29(31)30-23-43-35(22-34(30)46)39(40,41)27-18-26(38(4,5)6)19-28(20-27)45-24-44(7)32-14-10-11-15-33(32)45/h8-23H,1-7H3/q+2/i7D3,10D,11D,14D,15D. The highest BCUT2D eigenvalue weighted by Crippen LogP contribution is 2.42. The average Bonchev–Trinajstić information content (AvgIpc) is 3.66. The minimum absolute atomic E-state index is 0.0449. The number of pyridine rings is 2. The van der Waals surface area contributed by atoms with Gasteiger partial charge in [-0.25, -0.2) is 4.98 Å². The summed E-state index contributed by atoms with van der Waals surface area (Å²) in [6.07, 6.45) is 3.16. The van der Waals surface area contributed by atoms with E-state index in [9.17, 15) is 0 Å². The first-order valence-electron chi connectivity index (χ1n) is 18.5. The number of hydrogen-bond acceptors (Lipinski definition) is 2. The van der Waals surface area contributed by atoms with Crippen LogP contribution in [0.25, 0.3) is 27.6 Å². The fourth-order valence-corrected chi connectivity index (χ4v) is 5.80. The molecule has 0 fully saturated rings. The topological polar surface area (TPSA) is 36.7 Å². The van der Waals surface area contributed by atoms with E-state index < -0.39 is 53.7 Å². The van der Waals surface area contributed by atoms with Crippen molar-refractivity contribution in [1.82, 2.24) is 19.1 Å². The van der Waals surface area contributed by atoms with Crippen molar-refractivity contribution in [3.63, 3.8) is 0 Å². The maximum absolute atomic E-state index is 17.1. The van der Waals surface area contributed by atoms with Crippen LogP contribution in [0.3, 0.4) is 0 Å². The molecule has 0 spiro atoms. The highest BCUT2D eigenvalue weighted by atomic mass is 19.3. The third kappa shape index (κ3) is 4.83. The van der Waals surface area contributed by atoms with Crippen LogP contribution in [0.2, 0.25) is 0 Å². The number of alkyl halides is 2. The zero-order chi connectivity index (χ0) is 38.6. The normalized spacial score (nSPS) is 16.1. The van der Waals surface area contributed by atoms with Crippen LogP contribution < -0.4 is 4.58 Å². The number of hydrogen-bond donors (Lipinski definition) is 0. The minimum atomic E-state index is -3.69. The SMILES string of the molecule is [2H]c1c([2H])c([2H])c2c(c1[2H])[N+](c1cc(C(C)(C)C)cc(C(F)(F)c3cc4c(cn3)c3ccccc3n4-c3cc(C(C)(C)C)ccn3)c1)=C=[N+]2C([2H])([2H])[2H]. The van der Waals surface area contributed by atoms with Crippen LogP contribution in [0.1, 0.15) is 73.5 Å². The van der Waals surface area contributed by atoms with Crippen molar-refractivity contribution in [2.24, 2.45) is 0 Å². The Labute approximate surface area is 277 Å². The van der Waals surface area contributed by atoms with Gasteiger partial charge in [0.1, 0.15) is 15.6 Å². The van der Waals surface area contributed by atoms with Gasteiger partial charge in [-0.15, -0.1) is 0 Å². The zero-order valence-electron chi connectivity index (χ0n) is 33.4. The Morgan fingerprint density at radius 3 is 2.24 bits per heavy atom. The third-order valence-electron chi connectivity index (χ3n) is 8.42. The molecule has 46 heavy (non-hydrogen) atoms. The second kappa shape index (κ2) is 10.3. The summed E-state index contributed by atoms with van der Waals surface area (Å²) < 4.78 is 95.9. The van der Waals surface area contributed by atoms with E-state index in [4.69, 9.17) is 9.60 Å². The summed E-state index contributed by atoms with van der Waals surface area (Å²) in [6, 6.07) is 17.4. The fourth-order valence-electron chi connectivity index (χ4n) is 5.80. The molecule has 7 rings (SSSR count). The second-order valence-electron chi connectivity index (χ2n) is 13.7. The van der Waals surface area contributed by atoms with Gasteiger partial charge in [0, 0.05) is 52.9 Å². The third-order valence-corrected chi connectivity index (χ3v) is 8.42. The molecule has 230 valence electrons. The van der Waals surface area contributed by atoms with Crippen molar-refractivity contribution in [1.29, 1.82) is 0 Å². The Morgan fingerprint density at radius 2 is 1.50 bits per heavy atom. The van der Waals surface area contributed by atoms with Crippen LogP contribution in [0, 0.1) is 0 Å². The van der Waals surface area contributed by atoms with E-state index in [2.05, 4.69) is 36.7 Å². The molecule has 0 unspecified atom stereocenters. The predicted octanol–water partition coefficient (Wildman–Crippen LogP) is 9.60. The van der Waals surface area contributed by atoms with E-state index in [-0.39, 0.29) is 22.5 Å². The molecule has 6 aromatic rings. The maximum Gasteiger partial charge on any atom is 0.496 e. The number of nitrogens with zero attached hydrogens (tertiary/aromatic N) is 5. The van der Waals surface area contributed by atoms with Gasteiger partial charge in [-0.1, -0.05) is 76.4 Å². The van der Waals surface area contributed by atoms with Crippen molar-refractivity contribution in [2.45, 2.75) is 58.3 Å². The summed E-state index contributed by atoms with van der Waals surface area (Å²) in [6.45, 7) is 8.92. The van der Waals surface area contributed by atoms with Crippen molar-refractivity contribution < 1.29 is 23.0 Å². The number of aromatic nitrogens is 3. The smallest absolute Gasteiger partial charge is 0.294 e. The lowest BCUT2D eigenvalue weighted by atomic mass is 9.84. The van der Waals surface area contributed by atoms with Crippen LogP contribution in [0.15, 0.2) is 97.2 Å². The lowest BCUT2D eigenvalue weighted by Crippen LogP contribution is -2.20.